The van der Waals surface area contributed by atoms with E-state index in [2.05, 4.69) is 34.7 Å². The summed E-state index contributed by atoms with van der Waals surface area (Å²) < 4.78 is 13.0. The molecule has 1 unspecified atom stereocenters. The number of ether oxygens (including phenoxy) is 2. The molecule has 154 valence electrons. The number of aliphatic hydroxyl groups excluding tert-OH is 1. The van der Waals surface area contributed by atoms with Crippen LogP contribution in [0.3, 0.4) is 0 Å². The Morgan fingerprint density at radius 3 is 2.83 bits per heavy atom. The van der Waals surface area contributed by atoms with Crippen molar-refractivity contribution >= 4 is 16.9 Å². The zero-order valence-electron chi connectivity index (χ0n) is 17.4. The summed E-state index contributed by atoms with van der Waals surface area (Å²) in [6.45, 7) is 2.68. The summed E-state index contributed by atoms with van der Waals surface area (Å²) >= 11 is 0. The Bertz CT molecular complexity index is 1040. The van der Waals surface area contributed by atoms with E-state index < -0.39 is 5.41 Å². The molecule has 5 heterocycles. The molecule has 3 saturated heterocycles. The fraction of sp³-hybridized carbons (Fsp3) is 0.522. The van der Waals surface area contributed by atoms with Crippen molar-refractivity contribution in [2.75, 3.05) is 27.4 Å². The predicted octanol–water partition coefficient (Wildman–Crippen LogP) is 2.59. The molecule has 29 heavy (non-hydrogen) atoms. The quantitative estimate of drug-likeness (QED) is 0.638. The van der Waals surface area contributed by atoms with Crippen LogP contribution in [0.5, 0.6) is 5.75 Å². The molecular formula is C23H28N2O4. The molecular weight excluding hydrogens is 368 g/mol. The highest BCUT2D eigenvalue weighted by molar-refractivity contribution is 5.88. The van der Waals surface area contributed by atoms with Gasteiger partial charge in [-0.3, -0.25) is 9.69 Å². The third-order valence-corrected chi connectivity index (χ3v) is 7.76. The number of aliphatic hydroxyl groups is 1. The predicted molar refractivity (Wildman–Crippen MR) is 110 cm³/mol. The first-order valence-corrected chi connectivity index (χ1v) is 10.3. The number of carbonyl (C=O) groups excluding carboxylic acids is 1. The normalized spacial score (nSPS) is 33.8. The lowest BCUT2D eigenvalue weighted by Gasteiger charge is -2.62. The van der Waals surface area contributed by atoms with Crippen molar-refractivity contribution in [1.29, 1.82) is 0 Å². The SMILES string of the molecule is C/C=C1/CN2[C@H]3Cc4c(n(C)c5ccc(OC)cc45)[C@@H]2C[C@@H]1[C@@]3(CO)C(=O)OC. The Labute approximate surface area is 170 Å². The zero-order valence-corrected chi connectivity index (χ0v) is 17.4. The molecule has 3 fully saturated rings. The minimum atomic E-state index is -0.913. The number of hydrogen-bond acceptors (Lipinski definition) is 5. The van der Waals surface area contributed by atoms with Crippen molar-refractivity contribution < 1.29 is 19.4 Å². The monoisotopic (exact) mass is 396 g/mol. The van der Waals surface area contributed by atoms with E-state index in [-0.39, 0.29) is 30.6 Å². The maximum Gasteiger partial charge on any atom is 0.316 e. The lowest BCUT2D eigenvalue weighted by atomic mass is 9.55. The van der Waals surface area contributed by atoms with Crippen LogP contribution in [0.15, 0.2) is 29.8 Å². The Morgan fingerprint density at radius 2 is 2.17 bits per heavy atom. The Balaban J connectivity index is 1.75. The van der Waals surface area contributed by atoms with Crippen LogP contribution >= 0.6 is 0 Å². The second kappa shape index (κ2) is 6.34. The second-order valence-corrected chi connectivity index (χ2v) is 8.56. The molecule has 0 spiro atoms. The van der Waals surface area contributed by atoms with Gasteiger partial charge in [-0.2, -0.15) is 0 Å². The van der Waals surface area contributed by atoms with Crippen LogP contribution in [0.4, 0.5) is 0 Å². The molecule has 1 aromatic heterocycles. The van der Waals surface area contributed by atoms with Gasteiger partial charge in [-0.15, -0.1) is 0 Å². The molecule has 6 heteroatoms. The van der Waals surface area contributed by atoms with E-state index in [1.165, 1.54) is 34.8 Å². The molecule has 2 aromatic rings. The highest BCUT2D eigenvalue weighted by atomic mass is 16.5. The molecule has 0 aliphatic carbocycles. The van der Waals surface area contributed by atoms with Gasteiger partial charge in [-0.1, -0.05) is 11.6 Å². The van der Waals surface area contributed by atoms with E-state index in [1.807, 2.05) is 13.0 Å². The molecule has 4 aliphatic heterocycles. The van der Waals surface area contributed by atoms with Gasteiger partial charge in [0, 0.05) is 42.1 Å². The van der Waals surface area contributed by atoms with Crippen LogP contribution in [-0.2, 0) is 23.0 Å². The van der Waals surface area contributed by atoms with Crippen LogP contribution in [0, 0.1) is 11.3 Å². The number of aromatic nitrogens is 1. The van der Waals surface area contributed by atoms with Crippen molar-refractivity contribution in [1.82, 2.24) is 9.47 Å². The first-order valence-electron chi connectivity index (χ1n) is 10.3. The average Bonchev–Trinajstić information content (AvgIpc) is 3.04. The third kappa shape index (κ3) is 2.16. The van der Waals surface area contributed by atoms with E-state index in [9.17, 15) is 9.90 Å². The number of methoxy groups -OCH3 is 2. The summed E-state index contributed by atoms with van der Waals surface area (Å²) in [6.07, 6.45) is 3.66. The highest BCUT2D eigenvalue weighted by Gasteiger charge is 2.65. The van der Waals surface area contributed by atoms with E-state index in [4.69, 9.17) is 9.47 Å². The summed E-state index contributed by atoms with van der Waals surface area (Å²) in [4.78, 5) is 15.5. The lowest BCUT2D eigenvalue weighted by molar-refractivity contribution is -0.183. The zero-order chi connectivity index (χ0) is 20.5. The van der Waals surface area contributed by atoms with Gasteiger partial charge in [0.2, 0.25) is 0 Å². The Kier molecular flexibility index (Phi) is 4.09. The van der Waals surface area contributed by atoms with E-state index in [0.29, 0.717) is 0 Å². The number of rotatable bonds is 3. The number of carbonyl (C=O) groups is 1. The van der Waals surface area contributed by atoms with Crippen molar-refractivity contribution in [3.63, 3.8) is 0 Å². The molecule has 0 amide bonds. The van der Waals surface area contributed by atoms with Crippen LogP contribution in [0.2, 0.25) is 0 Å². The molecule has 5 atom stereocenters. The third-order valence-electron chi connectivity index (χ3n) is 7.76. The second-order valence-electron chi connectivity index (χ2n) is 8.56. The van der Waals surface area contributed by atoms with Crippen LogP contribution in [0.1, 0.15) is 30.6 Å². The molecule has 4 aliphatic rings. The fourth-order valence-electron chi connectivity index (χ4n) is 6.43. The number of esters is 1. The van der Waals surface area contributed by atoms with Gasteiger partial charge in [0.05, 0.1) is 26.9 Å². The minimum absolute atomic E-state index is 0.00523. The van der Waals surface area contributed by atoms with Gasteiger partial charge in [0.1, 0.15) is 11.2 Å². The highest BCUT2D eigenvalue weighted by Crippen LogP contribution is 2.60. The number of benzene rings is 1. The first-order chi connectivity index (χ1) is 14.0. The van der Waals surface area contributed by atoms with Gasteiger partial charge >= 0.3 is 5.97 Å². The van der Waals surface area contributed by atoms with E-state index >= 15 is 0 Å². The summed E-state index contributed by atoms with van der Waals surface area (Å²) in [5.74, 6) is 0.547. The Hall–Kier alpha value is -2.31. The summed E-state index contributed by atoms with van der Waals surface area (Å²) in [5.41, 5.74) is 4.11. The smallest absolute Gasteiger partial charge is 0.316 e. The molecule has 6 rings (SSSR count). The first kappa shape index (κ1) is 18.7. The molecule has 0 radical (unpaired) electrons. The van der Waals surface area contributed by atoms with E-state index in [1.54, 1.807) is 7.11 Å². The van der Waals surface area contributed by atoms with E-state index in [0.717, 1.165) is 25.1 Å². The van der Waals surface area contributed by atoms with Crippen molar-refractivity contribution in [2.24, 2.45) is 18.4 Å². The maximum absolute atomic E-state index is 13.1. The van der Waals surface area contributed by atoms with Gasteiger partial charge < -0.3 is 19.1 Å². The minimum Gasteiger partial charge on any atom is -0.497 e. The van der Waals surface area contributed by atoms with Crippen molar-refractivity contribution in [2.45, 2.75) is 31.8 Å². The van der Waals surface area contributed by atoms with Gasteiger partial charge in [-0.25, -0.2) is 0 Å². The summed E-state index contributed by atoms with van der Waals surface area (Å²) in [5, 5.41) is 11.7. The summed E-state index contributed by atoms with van der Waals surface area (Å²) in [6, 6.07) is 6.37. The number of aryl methyl sites for hydroxylation is 1. The largest absolute Gasteiger partial charge is 0.497 e. The van der Waals surface area contributed by atoms with Crippen LogP contribution in [0.25, 0.3) is 10.9 Å². The topological polar surface area (TPSA) is 63.9 Å². The van der Waals surface area contributed by atoms with Gasteiger partial charge in [-0.05, 0) is 43.5 Å². The van der Waals surface area contributed by atoms with Crippen LogP contribution in [-0.4, -0.2) is 54.0 Å². The van der Waals surface area contributed by atoms with Crippen molar-refractivity contribution in [3.05, 3.63) is 41.1 Å². The van der Waals surface area contributed by atoms with Crippen molar-refractivity contribution in [3.8, 4) is 5.75 Å². The average molecular weight is 396 g/mol. The number of hydrogen-bond donors (Lipinski definition) is 1. The number of nitrogens with zero attached hydrogens (tertiary/aromatic N) is 2. The molecule has 1 aromatic carbocycles. The van der Waals surface area contributed by atoms with Crippen LogP contribution < -0.4 is 4.74 Å². The maximum atomic E-state index is 13.1. The molecule has 1 N–H and O–H groups in total. The molecule has 4 bridgehead atoms. The Morgan fingerprint density at radius 1 is 1.38 bits per heavy atom. The lowest BCUT2D eigenvalue weighted by Crippen LogP contribution is -2.69. The van der Waals surface area contributed by atoms with Gasteiger partial charge in [0.15, 0.2) is 0 Å². The molecule has 6 nitrogen and oxygen atoms in total. The standard InChI is InChI=1S/C23H28N2O4/c1-5-13-11-25-19-10-17(13)23(12-26,22(27)29-4)20(25)9-16-15-8-14(28-3)6-7-18(15)24(2)21(16)19/h5-8,17,19-20,26H,9-12H2,1-4H3/b13-5-/t17-,19-,20-,23+/m0/s1. The summed E-state index contributed by atoms with van der Waals surface area (Å²) in [7, 11) is 5.25. The number of piperidine rings is 3. The fourth-order valence-corrected chi connectivity index (χ4v) is 6.43. The van der Waals surface area contributed by atoms with Gasteiger partial charge in [0.25, 0.3) is 0 Å². The number of allylic oxidation sites excluding steroid dienone is 1. The molecule has 0 saturated carbocycles. The number of fused-ring (bicyclic) bond motifs is 4.